The van der Waals surface area contributed by atoms with Crippen molar-refractivity contribution in [3.8, 4) is 5.69 Å². The summed E-state index contributed by atoms with van der Waals surface area (Å²) in [6.07, 6.45) is 5.24. The van der Waals surface area contributed by atoms with Gasteiger partial charge < -0.3 is 16.0 Å². The molecule has 0 spiro atoms. The van der Waals surface area contributed by atoms with Gasteiger partial charge >= 0.3 is 0 Å². The molecule has 0 atom stereocenters. The van der Waals surface area contributed by atoms with Crippen LogP contribution in [0.2, 0.25) is 0 Å². The SMILES string of the molecule is Cc1nc(Nc2ccc(NC(=O)c3cccc(-n4cccn4)c3)cc2)cc(Nc2ccccn2)n1. The van der Waals surface area contributed by atoms with Gasteiger partial charge in [-0.15, -0.1) is 0 Å². The van der Waals surface area contributed by atoms with Gasteiger partial charge in [0.2, 0.25) is 0 Å². The number of nitrogens with one attached hydrogen (secondary N) is 3. The van der Waals surface area contributed by atoms with Gasteiger partial charge in [0, 0.05) is 41.6 Å². The van der Waals surface area contributed by atoms with E-state index in [2.05, 4.69) is 36.0 Å². The number of benzene rings is 2. The first-order chi connectivity index (χ1) is 17.1. The van der Waals surface area contributed by atoms with Crippen molar-refractivity contribution in [2.75, 3.05) is 16.0 Å². The summed E-state index contributed by atoms with van der Waals surface area (Å²) in [7, 11) is 0. The van der Waals surface area contributed by atoms with Crippen LogP contribution in [0.3, 0.4) is 0 Å². The zero-order valence-corrected chi connectivity index (χ0v) is 18.9. The number of aryl methyl sites for hydroxylation is 1. The van der Waals surface area contributed by atoms with E-state index in [1.54, 1.807) is 29.2 Å². The van der Waals surface area contributed by atoms with E-state index in [0.717, 1.165) is 11.4 Å². The topological polar surface area (TPSA) is 110 Å². The van der Waals surface area contributed by atoms with Gasteiger partial charge in [0.15, 0.2) is 0 Å². The molecule has 0 fully saturated rings. The van der Waals surface area contributed by atoms with E-state index >= 15 is 0 Å². The first kappa shape index (κ1) is 21.8. The second kappa shape index (κ2) is 9.84. The molecule has 172 valence electrons. The van der Waals surface area contributed by atoms with Crippen LogP contribution in [0, 0.1) is 6.92 Å². The van der Waals surface area contributed by atoms with Gasteiger partial charge in [0.25, 0.3) is 5.91 Å². The molecule has 0 radical (unpaired) electrons. The Balaban J connectivity index is 1.25. The summed E-state index contributed by atoms with van der Waals surface area (Å²) in [5.74, 6) is 2.40. The van der Waals surface area contributed by atoms with Gasteiger partial charge in [0.05, 0.1) is 5.69 Å². The normalized spacial score (nSPS) is 10.5. The number of aromatic nitrogens is 5. The van der Waals surface area contributed by atoms with Crippen LogP contribution in [0.15, 0.2) is 97.5 Å². The lowest BCUT2D eigenvalue weighted by Crippen LogP contribution is -2.12. The van der Waals surface area contributed by atoms with Gasteiger partial charge in [-0.1, -0.05) is 12.1 Å². The lowest BCUT2D eigenvalue weighted by molar-refractivity contribution is 0.102. The smallest absolute Gasteiger partial charge is 0.255 e. The minimum atomic E-state index is -0.198. The van der Waals surface area contributed by atoms with Crippen LogP contribution < -0.4 is 16.0 Å². The van der Waals surface area contributed by atoms with E-state index in [9.17, 15) is 4.79 Å². The lowest BCUT2D eigenvalue weighted by Gasteiger charge is -2.11. The molecule has 0 unspecified atom stereocenters. The molecular formula is C26H22N8O. The molecule has 2 aromatic carbocycles. The third kappa shape index (κ3) is 5.48. The molecule has 1 amide bonds. The molecule has 3 aromatic heterocycles. The molecule has 0 aliphatic heterocycles. The van der Waals surface area contributed by atoms with Crippen LogP contribution in [0.1, 0.15) is 16.2 Å². The summed E-state index contributed by atoms with van der Waals surface area (Å²) in [6, 6.07) is 24.0. The highest BCUT2D eigenvalue weighted by Gasteiger charge is 2.09. The summed E-state index contributed by atoms with van der Waals surface area (Å²) < 4.78 is 1.71. The average Bonchev–Trinajstić information content (AvgIpc) is 3.41. The Kier molecular flexibility index (Phi) is 6.12. The predicted octanol–water partition coefficient (Wildman–Crippen LogP) is 5.11. The van der Waals surface area contributed by atoms with Crippen molar-refractivity contribution in [2.45, 2.75) is 6.92 Å². The Morgan fingerprint density at radius 1 is 0.771 bits per heavy atom. The fourth-order valence-electron chi connectivity index (χ4n) is 3.46. The number of hydrogen-bond acceptors (Lipinski definition) is 7. The van der Waals surface area contributed by atoms with Gasteiger partial charge in [0.1, 0.15) is 23.3 Å². The Morgan fingerprint density at radius 3 is 2.31 bits per heavy atom. The van der Waals surface area contributed by atoms with Crippen LogP contribution in [0.5, 0.6) is 0 Å². The molecule has 35 heavy (non-hydrogen) atoms. The molecule has 3 N–H and O–H groups in total. The number of carbonyl (C=O) groups excluding carboxylic acids is 1. The number of carbonyl (C=O) groups is 1. The third-order valence-corrected chi connectivity index (χ3v) is 5.05. The summed E-state index contributed by atoms with van der Waals surface area (Å²) in [5, 5.41) is 13.6. The number of pyridine rings is 1. The molecule has 0 saturated carbocycles. The zero-order chi connectivity index (χ0) is 24.0. The highest BCUT2D eigenvalue weighted by atomic mass is 16.1. The molecule has 3 heterocycles. The van der Waals surface area contributed by atoms with Crippen molar-refractivity contribution in [3.63, 3.8) is 0 Å². The van der Waals surface area contributed by atoms with Crippen LogP contribution >= 0.6 is 0 Å². The minimum Gasteiger partial charge on any atom is -0.340 e. The average molecular weight is 463 g/mol. The van der Waals surface area contributed by atoms with Gasteiger partial charge in [-0.25, -0.2) is 19.6 Å². The van der Waals surface area contributed by atoms with Crippen molar-refractivity contribution in [3.05, 3.63) is 109 Å². The number of anilines is 5. The summed E-state index contributed by atoms with van der Waals surface area (Å²) in [6.45, 7) is 1.83. The first-order valence-corrected chi connectivity index (χ1v) is 10.9. The lowest BCUT2D eigenvalue weighted by atomic mass is 10.2. The van der Waals surface area contributed by atoms with Crippen molar-refractivity contribution < 1.29 is 4.79 Å². The van der Waals surface area contributed by atoms with Crippen LogP contribution in [-0.2, 0) is 0 Å². The van der Waals surface area contributed by atoms with Crippen LogP contribution in [0.4, 0.5) is 28.8 Å². The fraction of sp³-hybridized carbons (Fsp3) is 0.0385. The fourth-order valence-corrected chi connectivity index (χ4v) is 3.46. The maximum atomic E-state index is 12.8. The molecule has 5 rings (SSSR count). The van der Waals surface area contributed by atoms with E-state index < -0.39 is 0 Å². The maximum Gasteiger partial charge on any atom is 0.255 e. The number of amides is 1. The Hall–Kier alpha value is -5.05. The van der Waals surface area contributed by atoms with Crippen molar-refractivity contribution >= 4 is 34.7 Å². The minimum absolute atomic E-state index is 0.198. The maximum absolute atomic E-state index is 12.8. The van der Waals surface area contributed by atoms with Crippen LogP contribution in [0.25, 0.3) is 5.69 Å². The summed E-state index contributed by atoms with van der Waals surface area (Å²) in [5.41, 5.74) is 2.87. The molecule has 5 aromatic rings. The largest absolute Gasteiger partial charge is 0.340 e. The Labute approximate surface area is 201 Å². The number of hydrogen-bond donors (Lipinski definition) is 3. The van der Waals surface area contributed by atoms with Gasteiger partial charge in [-0.05, 0) is 67.6 Å². The van der Waals surface area contributed by atoms with Crippen molar-refractivity contribution in [2.24, 2.45) is 0 Å². The Bertz CT molecular complexity index is 1430. The van der Waals surface area contributed by atoms with Gasteiger partial charge in [-0.3, -0.25) is 4.79 Å². The zero-order valence-electron chi connectivity index (χ0n) is 18.9. The predicted molar refractivity (Wildman–Crippen MR) is 136 cm³/mol. The molecule has 9 nitrogen and oxygen atoms in total. The van der Waals surface area contributed by atoms with Crippen LogP contribution in [-0.4, -0.2) is 30.6 Å². The van der Waals surface area contributed by atoms with Gasteiger partial charge in [-0.2, -0.15) is 5.10 Å². The third-order valence-electron chi connectivity index (χ3n) is 5.05. The second-order valence-corrected chi connectivity index (χ2v) is 7.68. The highest BCUT2D eigenvalue weighted by molar-refractivity contribution is 6.04. The number of rotatable bonds is 7. The van der Waals surface area contributed by atoms with E-state index in [0.29, 0.717) is 34.5 Å². The Morgan fingerprint density at radius 2 is 1.57 bits per heavy atom. The monoisotopic (exact) mass is 462 g/mol. The van der Waals surface area contributed by atoms with E-state index in [1.165, 1.54) is 0 Å². The van der Waals surface area contributed by atoms with Crippen molar-refractivity contribution in [1.29, 1.82) is 0 Å². The molecule has 0 aliphatic carbocycles. The van der Waals surface area contributed by atoms with E-state index in [4.69, 9.17) is 0 Å². The molecule has 0 bridgehead atoms. The first-order valence-electron chi connectivity index (χ1n) is 10.9. The highest BCUT2D eigenvalue weighted by Crippen LogP contribution is 2.21. The van der Waals surface area contributed by atoms with E-state index in [-0.39, 0.29) is 5.91 Å². The second-order valence-electron chi connectivity index (χ2n) is 7.68. The molecule has 0 aliphatic rings. The summed E-state index contributed by atoms with van der Waals surface area (Å²) >= 11 is 0. The molecular weight excluding hydrogens is 440 g/mol. The summed E-state index contributed by atoms with van der Waals surface area (Å²) in [4.78, 5) is 25.9. The quantitative estimate of drug-likeness (QED) is 0.308. The standard InChI is InChI=1S/C26H22N8O/c1-18-29-24(17-25(30-18)33-23-8-2-3-13-27-23)31-20-9-11-21(12-10-20)32-26(35)19-6-4-7-22(16-19)34-15-5-14-28-34/h2-17H,1H3,(H,32,35)(H2,27,29,30,31,33). The van der Waals surface area contributed by atoms with Crippen molar-refractivity contribution in [1.82, 2.24) is 24.7 Å². The molecule has 0 saturated heterocycles. The van der Waals surface area contributed by atoms with E-state index in [1.807, 2.05) is 79.9 Å². The molecule has 9 heteroatoms. The number of nitrogens with zero attached hydrogens (tertiary/aromatic N) is 5.